The SMILES string of the molecule is O=c1[nH]c(C2CC2)nc2c1nnn2[C@@H]1O[C@H](CO)[C@@H](O)[C@@H]1F. The third-order valence-electron chi connectivity index (χ3n) is 4.03. The Morgan fingerprint density at radius 1 is 1.45 bits per heavy atom. The van der Waals surface area contributed by atoms with Crippen LogP contribution in [0.5, 0.6) is 0 Å². The Balaban J connectivity index is 1.80. The molecule has 10 heteroatoms. The quantitative estimate of drug-likeness (QED) is 0.662. The molecular formula is C12H14FN5O4. The average Bonchev–Trinajstić information content (AvgIpc) is 3.22. The lowest BCUT2D eigenvalue weighted by Crippen LogP contribution is -2.30. The summed E-state index contributed by atoms with van der Waals surface area (Å²) in [7, 11) is 0. The number of H-pyrrole nitrogens is 1. The fourth-order valence-corrected chi connectivity index (χ4v) is 2.63. The number of aromatic amines is 1. The second-order valence-electron chi connectivity index (χ2n) is 5.61. The van der Waals surface area contributed by atoms with Gasteiger partial charge >= 0.3 is 0 Å². The minimum absolute atomic E-state index is 0.0119. The minimum Gasteiger partial charge on any atom is -0.394 e. The molecule has 2 aromatic rings. The molecule has 2 aliphatic rings. The van der Waals surface area contributed by atoms with Crippen LogP contribution in [0.2, 0.25) is 0 Å². The molecule has 2 fully saturated rings. The van der Waals surface area contributed by atoms with E-state index in [4.69, 9.17) is 9.84 Å². The van der Waals surface area contributed by atoms with E-state index in [1.165, 1.54) is 0 Å². The van der Waals surface area contributed by atoms with Crippen molar-refractivity contribution in [2.75, 3.05) is 6.61 Å². The molecule has 1 aliphatic carbocycles. The number of alkyl halides is 1. The van der Waals surface area contributed by atoms with Crippen LogP contribution in [-0.2, 0) is 4.74 Å². The van der Waals surface area contributed by atoms with Crippen molar-refractivity contribution in [1.82, 2.24) is 25.0 Å². The van der Waals surface area contributed by atoms with Gasteiger partial charge in [-0.15, -0.1) is 5.10 Å². The van der Waals surface area contributed by atoms with Crippen molar-refractivity contribution < 1.29 is 19.3 Å². The van der Waals surface area contributed by atoms with E-state index < -0.39 is 36.8 Å². The molecule has 1 aliphatic heterocycles. The fraction of sp³-hybridized carbons (Fsp3) is 0.667. The van der Waals surface area contributed by atoms with Gasteiger partial charge in [0.05, 0.1) is 6.61 Å². The van der Waals surface area contributed by atoms with Crippen molar-refractivity contribution in [2.24, 2.45) is 0 Å². The molecular weight excluding hydrogens is 297 g/mol. The van der Waals surface area contributed by atoms with Crippen LogP contribution in [0.3, 0.4) is 0 Å². The standard InChI is InChI=1S/C12H14FN5O4/c13-6-8(20)5(3-19)22-12(6)18-10-7(16-17-18)11(21)15-9(14-10)4-1-2-4/h4-6,8,12,19-20H,1-3H2,(H,14,15,21)/t5-,6+,8-,12-/m1/s1. The van der Waals surface area contributed by atoms with E-state index in [0.29, 0.717) is 5.82 Å². The Kier molecular flexibility index (Phi) is 2.99. The highest BCUT2D eigenvalue weighted by Crippen LogP contribution is 2.38. The van der Waals surface area contributed by atoms with Crippen molar-refractivity contribution in [1.29, 1.82) is 0 Å². The van der Waals surface area contributed by atoms with Crippen molar-refractivity contribution in [3.8, 4) is 0 Å². The van der Waals surface area contributed by atoms with Gasteiger partial charge in [0, 0.05) is 5.92 Å². The Morgan fingerprint density at radius 3 is 2.86 bits per heavy atom. The summed E-state index contributed by atoms with van der Waals surface area (Å²) in [5, 5.41) is 26.2. The second kappa shape index (κ2) is 4.80. The molecule has 0 spiro atoms. The zero-order valence-electron chi connectivity index (χ0n) is 11.4. The molecule has 0 aromatic carbocycles. The van der Waals surface area contributed by atoms with Crippen LogP contribution in [0, 0.1) is 0 Å². The number of aliphatic hydroxyl groups excluding tert-OH is 2. The van der Waals surface area contributed by atoms with Gasteiger partial charge in [0.1, 0.15) is 18.0 Å². The monoisotopic (exact) mass is 311 g/mol. The van der Waals surface area contributed by atoms with E-state index in [-0.39, 0.29) is 17.1 Å². The van der Waals surface area contributed by atoms with Gasteiger partial charge < -0.3 is 19.9 Å². The number of aliphatic hydroxyl groups is 2. The van der Waals surface area contributed by atoms with E-state index in [2.05, 4.69) is 20.3 Å². The lowest BCUT2D eigenvalue weighted by Gasteiger charge is -2.13. The topological polar surface area (TPSA) is 126 Å². The van der Waals surface area contributed by atoms with E-state index >= 15 is 0 Å². The van der Waals surface area contributed by atoms with Crippen molar-refractivity contribution >= 4 is 11.2 Å². The normalized spacial score (nSPS) is 32.0. The molecule has 4 atom stereocenters. The van der Waals surface area contributed by atoms with Crippen molar-refractivity contribution in [3.63, 3.8) is 0 Å². The van der Waals surface area contributed by atoms with E-state index in [0.717, 1.165) is 17.5 Å². The molecule has 2 aromatic heterocycles. The van der Waals surface area contributed by atoms with E-state index in [9.17, 15) is 14.3 Å². The van der Waals surface area contributed by atoms with Crippen LogP contribution in [0.4, 0.5) is 4.39 Å². The number of rotatable bonds is 3. The molecule has 3 N–H and O–H groups in total. The second-order valence-corrected chi connectivity index (χ2v) is 5.61. The summed E-state index contributed by atoms with van der Waals surface area (Å²) < 4.78 is 20.5. The summed E-state index contributed by atoms with van der Waals surface area (Å²) >= 11 is 0. The van der Waals surface area contributed by atoms with Gasteiger partial charge in [-0.1, -0.05) is 5.21 Å². The molecule has 118 valence electrons. The Labute approximate surface area is 122 Å². The number of ether oxygens (including phenoxy) is 1. The summed E-state index contributed by atoms with van der Waals surface area (Å²) in [6.45, 7) is -0.522. The zero-order valence-corrected chi connectivity index (χ0v) is 11.4. The molecule has 0 radical (unpaired) electrons. The maximum absolute atomic E-state index is 14.2. The molecule has 1 saturated heterocycles. The maximum Gasteiger partial charge on any atom is 0.281 e. The van der Waals surface area contributed by atoms with Crippen LogP contribution >= 0.6 is 0 Å². The van der Waals surface area contributed by atoms with Gasteiger partial charge in [-0.3, -0.25) is 4.79 Å². The number of nitrogens with zero attached hydrogens (tertiary/aromatic N) is 4. The number of fused-ring (bicyclic) bond motifs is 1. The van der Waals surface area contributed by atoms with Gasteiger partial charge in [0.2, 0.25) is 0 Å². The predicted octanol–water partition coefficient (Wildman–Crippen LogP) is -1.02. The summed E-state index contributed by atoms with van der Waals surface area (Å²) in [6, 6.07) is 0. The van der Waals surface area contributed by atoms with Crippen LogP contribution in [0.25, 0.3) is 11.2 Å². The smallest absolute Gasteiger partial charge is 0.281 e. The van der Waals surface area contributed by atoms with Crippen LogP contribution in [-0.4, -0.2) is 60.2 Å². The van der Waals surface area contributed by atoms with Gasteiger partial charge in [0.15, 0.2) is 23.6 Å². The third-order valence-corrected chi connectivity index (χ3v) is 4.03. The number of nitrogens with one attached hydrogen (secondary N) is 1. The molecule has 0 amide bonds. The van der Waals surface area contributed by atoms with Crippen molar-refractivity contribution in [3.05, 3.63) is 16.2 Å². The maximum atomic E-state index is 14.2. The average molecular weight is 311 g/mol. The highest BCUT2D eigenvalue weighted by atomic mass is 19.1. The summed E-state index contributed by atoms with van der Waals surface area (Å²) in [5.74, 6) is 0.718. The number of hydrogen-bond acceptors (Lipinski definition) is 7. The number of halogens is 1. The Bertz CT molecular complexity index is 772. The lowest BCUT2D eigenvalue weighted by molar-refractivity contribution is -0.0512. The van der Waals surface area contributed by atoms with E-state index in [1.807, 2.05) is 0 Å². The van der Waals surface area contributed by atoms with Crippen molar-refractivity contribution in [2.45, 2.75) is 43.4 Å². The zero-order chi connectivity index (χ0) is 15.4. The van der Waals surface area contributed by atoms with Crippen LogP contribution in [0.15, 0.2) is 4.79 Å². The first-order chi connectivity index (χ1) is 10.6. The fourth-order valence-electron chi connectivity index (χ4n) is 2.63. The highest BCUT2D eigenvalue weighted by Gasteiger charge is 2.46. The molecule has 3 heterocycles. The van der Waals surface area contributed by atoms with Gasteiger partial charge in [-0.05, 0) is 12.8 Å². The van der Waals surface area contributed by atoms with Gasteiger partial charge in [0.25, 0.3) is 5.56 Å². The third kappa shape index (κ3) is 1.95. The largest absolute Gasteiger partial charge is 0.394 e. The Hall–Kier alpha value is -1.91. The molecule has 1 saturated carbocycles. The molecule has 9 nitrogen and oxygen atoms in total. The summed E-state index contributed by atoms with van der Waals surface area (Å²) in [4.78, 5) is 18.9. The Morgan fingerprint density at radius 2 is 2.23 bits per heavy atom. The number of aromatic nitrogens is 5. The predicted molar refractivity (Wildman–Crippen MR) is 69.8 cm³/mol. The van der Waals surface area contributed by atoms with Gasteiger partial charge in [-0.25, -0.2) is 9.37 Å². The molecule has 22 heavy (non-hydrogen) atoms. The van der Waals surface area contributed by atoms with E-state index in [1.54, 1.807) is 0 Å². The highest BCUT2D eigenvalue weighted by molar-refractivity contribution is 5.68. The minimum atomic E-state index is -1.80. The van der Waals surface area contributed by atoms with Crippen LogP contribution < -0.4 is 5.56 Å². The molecule has 0 unspecified atom stereocenters. The first-order valence-electron chi connectivity index (χ1n) is 7.03. The lowest BCUT2D eigenvalue weighted by atomic mass is 10.1. The summed E-state index contributed by atoms with van der Waals surface area (Å²) in [5.41, 5.74) is -0.336. The first kappa shape index (κ1) is 13.7. The molecule has 0 bridgehead atoms. The molecule has 4 rings (SSSR count). The van der Waals surface area contributed by atoms with Crippen LogP contribution in [0.1, 0.15) is 30.8 Å². The first-order valence-corrected chi connectivity index (χ1v) is 7.03. The summed E-state index contributed by atoms with van der Waals surface area (Å²) in [6.07, 6.45) is -3.73. The van der Waals surface area contributed by atoms with Gasteiger partial charge in [-0.2, -0.15) is 4.68 Å². The number of hydrogen-bond donors (Lipinski definition) is 3.